The third-order valence-electron chi connectivity index (χ3n) is 6.57. The number of rotatable bonds is 14. The van der Waals surface area contributed by atoms with Crippen LogP contribution in [0, 0.1) is 0 Å². The molecule has 0 bridgehead atoms. The number of para-hydroxylation sites is 2. The van der Waals surface area contributed by atoms with Gasteiger partial charge in [0.25, 0.3) is 0 Å². The van der Waals surface area contributed by atoms with Gasteiger partial charge in [0.1, 0.15) is 32.8 Å². The Kier molecular flexibility index (Phi) is 9.77. The molecule has 0 aliphatic rings. The second-order valence-corrected chi connectivity index (χ2v) is 11.3. The summed E-state index contributed by atoms with van der Waals surface area (Å²) in [7, 11) is -4.16. The van der Waals surface area contributed by atoms with Crippen molar-refractivity contribution in [3.05, 3.63) is 158 Å². The lowest BCUT2D eigenvalue weighted by molar-refractivity contribution is 0.455. The molecule has 0 aliphatic carbocycles. The number of hydrogen-bond acceptors (Lipinski definition) is 4. The molecule has 4 aromatic rings. The first kappa shape index (κ1) is 29.4. The van der Waals surface area contributed by atoms with Crippen LogP contribution in [0.25, 0.3) is 0 Å². The van der Waals surface area contributed by atoms with E-state index >= 15 is 0 Å². The number of allylic oxidation sites excluding steroid dienone is 4. The molecule has 208 valence electrons. The fraction of sp³-hybridized carbons (Fsp3) is 0.111. The van der Waals surface area contributed by atoms with Crippen molar-refractivity contribution in [2.45, 2.75) is 35.5 Å². The highest BCUT2D eigenvalue weighted by molar-refractivity contribution is 7.91. The van der Waals surface area contributed by atoms with Gasteiger partial charge in [0.05, 0.1) is 0 Å². The van der Waals surface area contributed by atoms with E-state index in [2.05, 4.69) is 26.3 Å². The summed E-state index contributed by atoms with van der Waals surface area (Å²) in [6.07, 6.45) is 9.00. The molecule has 0 saturated heterocycles. The van der Waals surface area contributed by atoms with Crippen molar-refractivity contribution in [3.8, 4) is 23.0 Å². The lowest BCUT2D eigenvalue weighted by atomic mass is 10.0. The van der Waals surface area contributed by atoms with Gasteiger partial charge in [-0.05, 0) is 73.2 Å². The van der Waals surface area contributed by atoms with Crippen LogP contribution in [0.4, 0.5) is 0 Å². The van der Waals surface area contributed by atoms with E-state index in [9.17, 15) is 8.42 Å². The molecule has 0 fully saturated rings. The second kappa shape index (κ2) is 13.6. The molecule has 0 spiro atoms. The van der Waals surface area contributed by atoms with E-state index < -0.39 is 9.84 Å². The topological polar surface area (TPSA) is 52.6 Å². The Labute approximate surface area is 243 Å². The molecule has 0 aliphatic heterocycles. The molecule has 0 N–H and O–H groups in total. The molecule has 0 radical (unpaired) electrons. The summed E-state index contributed by atoms with van der Waals surface area (Å²) in [5.41, 5.74) is 3.31. The molecule has 41 heavy (non-hydrogen) atoms. The zero-order valence-corrected chi connectivity index (χ0v) is 23.9. The average Bonchev–Trinajstić information content (AvgIpc) is 2.97. The molecule has 0 aromatic heterocycles. The number of benzene rings is 4. The molecule has 0 atom stereocenters. The maximum atomic E-state index is 14.7. The lowest BCUT2D eigenvalue weighted by Crippen LogP contribution is -2.11. The van der Waals surface area contributed by atoms with E-state index in [1.165, 1.54) is 0 Å². The zero-order valence-electron chi connectivity index (χ0n) is 23.1. The van der Waals surface area contributed by atoms with E-state index in [0.29, 0.717) is 37.2 Å². The molecule has 0 saturated carbocycles. The minimum atomic E-state index is -4.16. The van der Waals surface area contributed by atoms with Crippen LogP contribution < -0.4 is 9.47 Å². The van der Waals surface area contributed by atoms with Crippen LogP contribution in [0.1, 0.15) is 22.3 Å². The van der Waals surface area contributed by atoms with Gasteiger partial charge >= 0.3 is 0 Å². The van der Waals surface area contributed by atoms with Gasteiger partial charge in [-0.2, -0.15) is 0 Å². The molecule has 0 unspecified atom stereocenters. The highest BCUT2D eigenvalue weighted by atomic mass is 32.2. The third kappa shape index (κ3) is 6.59. The lowest BCUT2D eigenvalue weighted by Gasteiger charge is -2.21. The predicted octanol–water partition coefficient (Wildman–Crippen LogP) is 9.02. The van der Waals surface area contributed by atoms with Gasteiger partial charge in [0.15, 0.2) is 0 Å². The zero-order chi connectivity index (χ0) is 29.2. The second-order valence-electron chi connectivity index (χ2n) is 9.37. The van der Waals surface area contributed by atoms with Crippen LogP contribution in [0.5, 0.6) is 23.0 Å². The third-order valence-corrected chi connectivity index (χ3v) is 8.37. The van der Waals surface area contributed by atoms with Crippen molar-refractivity contribution < 1.29 is 17.9 Å². The van der Waals surface area contributed by atoms with E-state index in [4.69, 9.17) is 9.47 Å². The van der Waals surface area contributed by atoms with Crippen molar-refractivity contribution in [1.29, 1.82) is 0 Å². The molecular formula is C36H34O4S. The Bertz CT molecular complexity index is 1530. The fourth-order valence-electron chi connectivity index (χ4n) is 4.70. The summed E-state index contributed by atoms with van der Waals surface area (Å²) in [5, 5.41) is 0. The molecule has 4 rings (SSSR count). The first-order valence-corrected chi connectivity index (χ1v) is 14.9. The number of sulfone groups is 1. The Morgan fingerprint density at radius 3 is 1.22 bits per heavy atom. The van der Waals surface area contributed by atoms with Crippen molar-refractivity contribution in [1.82, 2.24) is 0 Å². The largest absolute Gasteiger partial charge is 0.456 e. The van der Waals surface area contributed by atoms with Gasteiger partial charge in [0.2, 0.25) is 9.84 Å². The van der Waals surface area contributed by atoms with E-state index in [0.717, 1.165) is 22.3 Å². The Balaban J connectivity index is 2.01. The molecule has 4 nitrogen and oxygen atoms in total. The summed E-state index contributed by atoms with van der Waals surface area (Å²) >= 11 is 0. The predicted molar refractivity (Wildman–Crippen MR) is 167 cm³/mol. The summed E-state index contributed by atoms with van der Waals surface area (Å²) < 4.78 is 42.0. The molecule has 4 aromatic carbocycles. The number of hydrogen-bond donors (Lipinski definition) is 0. The van der Waals surface area contributed by atoms with Crippen LogP contribution in [-0.4, -0.2) is 8.42 Å². The minimum Gasteiger partial charge on any atom is -0.456 e. The van der Waals surface area contributed by atoms with Crippen molar-refractivity contribution in [2.75, 3.05) is 0 Å². The van der Waals surface area contributed by atoms with E-state index in [1.807, 2.05) is 48.5 Å². The molecule has 0 heterocycles. The van der Waals surface area contributed by atoms with Gasteiger partial charge in [0, 0.05) is 11.1 Å². The summed E-state index contributed by atoms with van der Waals surface area (Å²) in [6.45, 7) is 15.6. The minimum absolute atomic E-state index is 0.0463. The molecule has 5 heteroatoms. The average molecular weight is 563 g/mol. The van der Waals surface area contributed by atoms with Gasteiger partial charge in [-0.1, -0.05) is 72.8 Å². The summed E-state index contributed by atoms with van der Waals surface area (Å²) in [5.74, 6) is 1.59. The highest BCUT2D eigenvalue weighted by Gasteiger charge is 2.31. The molecule has 0 amide bonds. The normalized spacial score (nSPS) is 10.9. The summed E-state index contributed by atoms with van der Waals surface area (Å²) in [6, 6.07) is 25.2. The van der Waals surface area contributed by atoms with Crippen LogP contribution in [0.2, 0.25) is 0 Å². The Morgan fingerprint density at radius 2 is 0.878 bits per heavy atom. The maximum absolute atomic E-state index is 14.7. The van der Waals surface area contributed by atoms with Crippen LogP contribution in [-0.2, 0) is 35.5 Å². The van der Waals surface area contributed by atoms with Gasteiger partial charge in [-0.15, -0.1) is 26.3 Å². The van der Waals surface area contributed by atoms with E-state index in [1.54, 1.807) is 60.7 Å². The van der Waals surface area contributed by atoms with Gasteiger partial charge < -0.3 is 9.47 Å². The smallest absolute Gasteiger partial charge is 0.213 e. The van der Waals surface area contributed by atoms with Crippen molar-refractivity contribution >= 4 is 9.84 Å². The van der Waals surface area contributed by atoms with Crippen LogP contribution in [0.15, 0.2) is 145 Å². The SMILES string of the molecule is C=CCc1ccc(S(=O)(=O)c2ccc(CC=C)c(CC=C)c2Oc2ccccc2)c(Oc2ccccc2)c1CC=C. The van der Waals surface area contributed by atoms with Gasteiger partial charge in [-0.3, -0.25) is 0 Å². The monoisotopic (exact) mass is 562 g/mol. The standard InChI is InChI=1S/C36H34O4S/c1-5-15-27-23-25-33(35(31(27)17-7-3)39-29-19-11-9-12-20-29)41(37,38)34-26-24-28(16-6-2)32(18-8-4)36(34)40-30-21-13-10-14-22-30/h5-14,19-26H,1-4,15-18H2. The Morgan fingerprint density at radius 1 is 0.512 bits per heavy atom. The van der Waals surface area contributed by atoms with E-state index in [-0.39, 0.29) is 21.3 Å². The Hall–Kier alpha value is -4.61. The quantitative estimate of drug-likeness (QED) is 0.144. The first-order valence-electron chi connectivity index (χ1n) is 13.4. The van der Waals surface area contributed by atoms with Crippen LogP contribution in [0.3, 0.4) is 0 Å². The number of ether oxygens (including phenoxy) is 2. The fourth-order valence-corrected chi connectivity index (χ4v) is 6.25. The summed E-state index contributed by atoms with van der Waals surface area (Å²) in [4.78, 5) is 0.0925. The first-order chi connectivity index (χ1) is 19.9. The highest BCUT2D eigenvalue weighted by Crippen LogP contribution is 2.43. The van der Waals surface area contributed by atoms with Crippen molar-refractivity contribution in [2.24, 2.45) is 0 Å². The molecular weight excluding hydrogens is 528 g/mol. The van der Waals surface area contributed by atoms with Gasteiger partial charge in [-0.25, -0.2) is 8.42 Å². The van der Waals surface area contributed by atoms with Crippen molar-refractivity contribution in [3.63, 3.8) is 0 Å². The van der Waals surface area contributed by atoms with Crippen LogP contribution >= 0.6 is 0 Å². The maximum Gasteiger partial charge on any atom is 0.213 e.